The molecule has 2 atom stereocenters. The summed E-state index contributed by atoms with van der Waals surface area (Å²) >= 11 is 0. The van der Waals surface area contributed by atoms with Gasteiger partial charge in [-0.1, -0.05) is 50.1 Å². The molecule has 168 valence electrons. The van der Waals surface area contributed by atoms with Crippen molar-refractivity contribution in [1.29, 1.82) is 0 Å². The van der Waals surface area contributed by atoms with Crippen LogP contribution in [0.15, 0.2) is 40.9 Å². The van der Waals surface area contributed by atoms with Crippen molar-refractivity contribution in [2.24, 2.45) is 5.92 Å². The molecule has 2 aromatic rings. The zero-order chi connectivity index (χ0) is 22.1. The lowest BCUT2D eigenvalue weighted by Gasteiger charge is -2.29. The Balaban J connectivity index is 1.64. The first-order chi connectivity index (χ1) is 15.1. The first kappa shape index (κ1) is 23.2. The Morgan fingerprint density at radius 2 is 2.03 bits per heavy atom. The van der Waals surface area contributed by atoms with Gasteiger partial charge in [-0.25, -0.2) is 4.98 Å². The number of rotatable bonds is 11. The molecule has 0 spiro atoms. The minimum Gasteiger partial charge on any atom is -0.438 e. The van der Waals surface area contributed by atoms with Crippen LogP contribution in [0, 0.1) is 5.92 Å². The molecular formula is C25H35N3O3. The van der Waals surface area contributed by atoms with Gasteiger partial charge in [0.2, 0.25) is 11.8 Å². The number of unbranched alkanes of at least 4 members (excludes halogenated alkanes) is 2. The molecule has 1 aromatic carbocycles. The molecule has 1 saturated heterocycles. The number of ketones is 1. The summed E-state index contributed by atoms with van der Waals surface area (Å²) < 4.78 is 6.06. The summed E-state index contributed by atoms with van der Waals surface area (Å²) in [4.78, 5) is 31.2. The van der Waals surface area contributed by atoms with E-state index in [-0.39, 0.29) is 17.9 Å². The molecule has 2 heterocycles. The van der Waals surface area contributed by atoms with Gasteiger partial charge in [0.05, 0.1) is 12.1 Å². The molecule has 0 saturated carbocycles. The number of nitrogens with one attached hydrogen (secondary N) is 1. The lowest BCUT2D eigenvalue weighted by atomic mass is 9.96. The molecule has 1 aromatic heterocycles. The normalized spacial score (nSPS) is 17.9. The number of carbonyl (C=O) groups excluding carboxylic acids is 2. The van der Waals surface area contributed by atoms with E-state index in [0.29, 0.717) is 30.3 Å². The van der Waals surface area contributed by atoms with Crippen LogP contribution in [-0.4, -0.2) is 41.7 Å². The number of oxazole rings is 1. The fraction of sp³-hybridized carbons (Fsp3) is 0.560. The minimum absolute atomic E-state index is 0.00646. The fourth-order valence-corrected chi connectivity index (χ4v) is 4.14. The SMILES string of the molecule is CCC(=O)CCCCC[C@H](NC(=O)C1CCCN(C)C1)c1ncc(-c2ccccc2)o1. The molecule has 0 aliphatic carbocycles. The number of amides is 1. The van der Waals surface area contributed by atoms with Crippen LogP contribution in [0.25, 0.3) is 11.3 Å². The van der Waals surface area contributed by atoms with E-state index in [1.807, 2.05) is 37.3 Å². The largest absolute Gasteiger partial charge is 0.438 e. The van der Waals surface area contributed by atoms with Gasteiger partial charge in [-0.15, -0.1) is 0 Å². The van der Waals surface area contributed by atoms with Gasteiger partial charge >= 0.3 is 0 Å². The van der Waals surface area contributed by atoms with Crippen LogP contribution in [0.4, 0.5) is 0 Å². The Morgan fingerprint density at radius 3 is 2.77 bits per heavy atom. The highest BCUT2D eigenvalue weighted by molar-refractivity contribution is 5.79. The van der Waals surface area contributed by atoms with Crippen LogP contribution in [0.2, 0.25) is 0 Å². The molecule has 1 fully saturated rings. The smallest absolute Gasteiger partial charge is 0.225 e. The van der Waals surface area contributed by atoms with Crippen molar-refractivity contribution in [3.8, 4) is 11.3 Å². The van der Waals surface area contributed by atoms with E-state index in [1.165, 1.54) is 0 Å². The highest BCUT2D eigenvalue weighted by Gasteiger charge is 2.27. The van der Waals surface area contributed by atoms with Crippen molar-refractivity contribution in [3.05, 3.63) is 42.4 Å². The number of likely N-dealkylation sites (tertiary alicyclic amines) is 1. The maximum atomic E-state index is 13.0. The van der Waals surface area contributed by atoms with E-state index >= 15 is 0 Å². The Morgan fingerprint density at radius 1 is 1.23 bits per heavy atom. The standard InChI is InChI=1S/C25H35N3O3/c1-3-21(29)14-8-5-9-15-22(27-24(30)20-13-10-16-28(2)18-20)25-26-17-23(31-25)19-11-6-4-7-12-19/h4,6-7,11-12,17,20,22H,3,5,8-10,13-16,18H2,1-2H3,(H,27,30)/t20?,22-/m0/s1. The van der Waals surface area contributed by atoms with Crippen molar-refractivity contribution in [2.75, 3.05) is 20.1 Å². The van der Waals surface area contributed by atoms with Crippen LogP contribution < -0.4 is 5.32 Å². The van der Waals surface area contributed by atoms with Crippen molar-refractivity contribution in [2.45, 2.75) is 64.3 Å². The molecule has 1 aliphatic heterocycles. The van der Waals surface area contributed by atoms with E-state index in [1.54, 1.807) is 6.20 Å². The summed E-state index contributed by atoms with van der Waals surface area (Å²) in [5, 5.41) is 3.21. The minimum atomic E-state index is -0.251. The number of benzene rings is 1. The lowest BCUT2D eigenvalue weighted by molar-refractivity contribution is -0.127. The predicted molar refractivity (Wildman–Crippen MR) is 121 cm³/mol. The van der Waals surface area contributed by atoms with Gasteiger partial charge in [0.1, 0.15) is 11.8 Å². The fourth-order valence-electron chi connectivity index (χ4n) is 4.14. The third-order valence-corrected chi connectivity index (χ3v) is 6.03. The third kappa shape index (κ3) is 7.03. The van der Waals surface area contributed by atoms with Crippen LogP contribution in [-0.2, 0) is 9.59 Å². The van der Waals surface area contributed by atoms with Crippen molar-refractivity contribution in [3.63, 3.8) is 0 Å². The summed E-state index contributed by atoms with van der Waals surface area (Å²) in [6.07, 6.45) is 8.45. The molecule has 3 rings (SSSR count). The number of carbonyl (C=O) groups is 2. The average molecular weight is 426 g/mol. The highest BCUT2D eigenvalue weighted by Crippen LogP contribution is 2.27. The van der Waals surface area contributed by atoms with Crippen LogP contribution in [0.1, 0.15) is 70.2 Å². The predicted octanol–water partition coefficient (Wildman–Crippen LogP) is 4.77. The average Bonchev–Trinajstić information content (AvgIpc) is 3.28. The summed E-state index contributed by atoms with van der Waals surface area (Å²) in [6, 6.07) is 9.62. The molecule has 1 amide bonds. The van der Waals surface area contributed by atoms with Crippen LogP contribution in [0.5, 0.6) is 0 Å². The van der Waals surface area contributed by atoms with Crippen LogP contribution in [0.3, 0.4) is 0 Å². The van der Waals surface area contributed by atoms with E-state index in [0.717, 1.165) is 57.2 Å². The van der Waals surface area contributed by atoms with Gasteiger partial charge in [0, 0.05) is 24.9 Å². The molecule has 31 heavy (non-hydrogen) atoms. The maximum Gasteiger partial charge on any atom is 0.225 e. The summed E-state index contributed by atoms with van der Waals surface area (Å²) in [5.41, 5.74) is 0.971. The Bertz CT molecular complexity index is 834. The lowest BCUT2D eigenvalue weighted by Crippen LogP contribution is -2.42. The van der Waals surface area contributed by atoms with Crippen molar-refractivity contribution in [1.82, 2.24) is 15.2 Å². The molecule has 0 radical (unpaired) electrons. The Labute approximate surface area is 185 Å². The number of aromatic nitrogens is 1. The Hall–Kier alpha value is -2.47. The molecule has 6 heteroatoms. The number of nitrogens with zero attached hydrogens (tertiary/aromatic N) is 2. The van der Waals surface area contributed by atoms with Gasteiger partial charge in [0.25, 0.3) is 0 Å². The second kappa shape index (κ2) is 11.8. The summed E-state index contributed by atoms with van der Waals surface area (Å²) in [7, 11) is 2.06. The molecular weight excluding hydrogens is 390 g/mol. The van der Waals surface area contributed by atoms with Gasteiger partial charge in [-0.3, -0.25) is 9.59 Å². The second-order valence-corrected chi connectivity index (χ2v) is 8.58. The monoisotopic (exact) mass is 425 g/mol. The number of Topliss-reactive ketones (excluding diaryl/α,β-unsaturated/α-hetero) is 1. The van der Waals surface area contributed by atoms with E-state index in [4.69, 9.17) is 4.42 Å². The van der Waals surface area contributed by atoms with Gasteiger partial charge in [-0.05, 0) is 39.3 Å². The van der Waals surface area contributed by atoms with Crippen molar-refractivity contribution < 1.29 is 14.0 Å². The molecule has 1 unspecified atom stereocenters. The van der Waals surface area contributed by atoms with Gasteiger partial charge in [-0.2, -0.15) is 0 Å². The Kier molecular flexibility index (Phi) is 8.83. The first-order valence-corrected chi connectivity index (χ1v) is 11.6. The van der Waals surface area contributed by atoms with E-state index < -0.39 is 0 Å². The molecule has 0 bridgehead atoms. The summed E-state index contributed by atoms with van der Waals surface area (Å²) in [5.74, 6) is 1.66. The van der Waals surface area contributed by atoms with Gasteiger partial charge in [0.15, 0.2) is 5.76 Å². The first-order valence-electron chi connectivity index (χ1n) is 11.6. The molecule has 1 N–H and O–H groups in total. The zero-order valence-corrected chi connectivity index (χ0v) is 18.8. The second-order valence-electron chi connectivity index (χ2n) is 8.58. The molecule has 6 nitrogen and oxygen atoms in total. The summed E-state index contributed by atoms with van der Waals surface area (Å²) in [6.45, 7) is 3.74. The molecule has 1 aliphatic rings. The quantitative estimate of drug-likeness (QED) is 0.525. The van der Waals surface area contributed by atoms with E-state index in [2.05, 4.69) is 22.2 Å². The third-order valence-electron chi connectivity index (χ3n) is 6.03. The number of hydrogen-bond donors (Lipinski definition) is 1. The number of piperidine rings is 1. The van der Waals surface area contributed by atoms with Gasteiger partial charge < -0.3 is 14.6 Å². The topological polar surface area (TPSA) is 75.4 Å². The van der Waals surface area contributed by atoms with Crippen LogP contribution >= 0.6 is 0 Å². The van der Waals surface area contributed by atoms with E-state index in [9.17, 15) is 9.59 Å². The number of hydrogen-bond acceptors (Lipinski definition) is 5. The maximum absolute atomic E-state index is 13.0. The zero-order valence-electron chi connectivity index (χ0n) is 18.8. The van der Waals surface area contributed by atoms with Crippen molar-refractivity contribution >= 4 is 11.7 Å². The highest BCUT2D eigenvalue weighted by atomic mass is 16.4.